The van der Waals surface area contributed by atoms with Crippen LogP contribution >= 0.6 is 0 Å². The molecule has 0 saturated carbocycles. The SMILES string of the molecule is O=C1CCC(C(F)(F)F)N1c1nc(-c2cc(-c3ccon3)n(Cc3ccccc3F)n2)ncc1F. The van der Waals surface area contributed by atoms with Crippen molar-refractivity contribution < 1.29 is 31.3 Å². The van der Waals surface area contributed by atoms with Gasteiger partial charge in [0.25, 0.3) is 0 Å². The van der Waals surface area contributed by atoms with Crippen LogP contribution in [0.1, 0.15) is 18.4 Å². The number of alkyl halides is 3. The Balaban J connectivity index is 1.58. The lowest BCUT2D eigenvalue weighted by Crippen LogP contribution is -2.44. The predicted molar refractivity (Wildman–Crippen MR) is 111 cm³/mol. The number of hydrogen-bond donors (Lipinski definition) is 0. The highest BCUT2D eigenvalue weighted by Gasteiger charge is 2.50. The van der Waals surface area contributed by atoms with Crippen LogP contribution < -0.4 is 4.90 Å². The summed E-state index contributed by atoms with van der Waals surface area (Å²) in [6.07, 6.45) is -3.66. The van der Waals surface area contributed by atoms with Crippen molar-refractivity contribution in [1.29, 1.82) is 0 Å². The first-order chi connectivity index (χ1) is 16.7. The Kier molecular flexibility index (Phi) is 5.53. The van der Waals surface area contributed by atoms with E-state index in [1.165, 1.54) is 35.2 Å². The Morgan fingerprint density at radius 2 is 1.89 bits per heavy atom. The minimum absolute atomic E-state index is 0.0241. The third-order valence-corrected chi connectivity index (χ3v) is 5.53. The summed E-state index contributed by atoms with van der Waals surface area (Å²) in [6.45, 7) is -0.0241. The minimum atomic E-state index is -4.76. The number of amides is 1. The van der Waals surface area contributed by atoms with E-state index >= 15 is 0 Å². The zero-order valence-corrected chi connectivity index (χ0v) is 17.7. The fourth-order valence-electron chi connectivity index (χ4n) is 3.90. The molecule has 35 heavy (non-hydrogen) atoms. The van der Waals surface area contributed by atoms with E-state index in [0.717, 1.165) is 0 Å². The van der Waals surface area contributed by atoms with Crippen molar-refractivity contribution in [2.45, 2.75) is 31.6 Å². The number of carbonyl (C=O) groups excluding carboxylic acids is 1. The van der Waals surface area contributed by atoms with Gasteiger partial charge in [-0.2, -0.15) is 18.3 Å². The molecular weight excluding hydrogens is 475 g/mol. The molecule has 180 valence electrons. The van der Waals surface area contributed by atoms with Crippen molar-refractivity contribution >= 4 is 11.7 Å². The number of benzene rings is 1. The van der Waals surface area contributed by atoms with E-state index in [1.54, 1.807) is 12.1 Å². The first-order valence-electron chi connectivity index (χ1n) is 10.4. The van der Waals surface area contributed by atoms with Gasteiger partial charge >= 0.3 is 6.18 Å². The highest BCUT2D eigenvalue weighted by Crippen LogP contribution is 2.37. The Labute approximate surface area is 194 Å². The van der Waals surface area contributed by atoms with E-state index in [-0.39, 0.29) is 18.1 Å². The van der Waals surface area contributed by atoms with Crippen LogP contribution in [-0.4, -0.2) is 43.0 Å². The maximum Gasteiger partial charge on any atom is 0.409 e. The summed E-state index contributed by atoms with van der Waals surface area (Å²) in [5.41, 5.74) is 1.07. The second-order valence-electron chi connectivity index (χ2n) is 7.77. The molecule has 0 spiro atoms. The fourth-order valence-corrected chi connectivity index (χ4v) is 3.90. The van der Waals surface area contributed by atoms with Crippen molar-refractivity contribution in [2.75, 3.05) is 4.90 Å². The standard InChI is InChI=1S/C22H15F5N6O2/c23-13-4-2-1-3-12(13)11-32-17(15-7-8-35-31-15)9-16(30-32)20-28-10-14(24)21(29-20)33-18(22(25,26)27)5-6-19(33)34/h1-4,7-10,18H,5-6,11H2. The topological polar surface area (TPSA) is 89.9 Å². The maximum absolute atomic E-state index is 14.5. The second kappa shape index (κ2) is 8.56. The van der Waals surface area contributed by atoms with Crippen LogP contribution in [-0.2, 0) is 11.3 Å². The molecule has 0 bridgehead atoms. The lowest BCUT2D eigenvalue weighted by atomic mass is 10.2. The van der Waals surface area contributed by atoms with Crippen LogP contribution in [0.5, 0.6) is 0 Å². The summed E-state index contributed by atoms with van der Waals surface area (Å²) in [6, 6.07) is 6.83. The number of nitrogens with zero attached hydrogens (tertiary/aromatic N) is 6. The van der Waals surface area contributed by atoms with Gasteiger partial charge in [0.15, 0.2) is 17.5 Å². The Morgan fingerprint density at radius 3 is 2.60 bits per heavy atom. The molecule has 1 aliphatic rings. The van der Waals surface area contributed by atoms with Gasteiger partial charge in [0.05, 0.1) is 18.4 Å². The number of hydrogen-bond acceptors (Lipinski definition) is 6. The van der Waals surface area contributed by atoms with E-state index in [1.807, 2.05) is 0 Å². The highest BCUT2D eigenvalue weighted by molar-refractivity contribution is 5.95. The number of anilines is 1. The van der Waals surface area contributed by atoms with Crippen LogP contribution in [0.25, 0.3) is 22.9 Å². The number of aromatic nitrogens is 5. The number of halogens is 5. The lowest BCUT2D eigenvalue weighted by molar-refractivity contribution is -0.148. The van der Waals surface area contributed by atoms with Crippen LogP contribution in [0.4, 0.5) is 27.8 Å². The first kappa shape index (κ1) is 22.6. The Morgan fingerprint density at radius 1 is 1.09 bits per heavy atom. The molecule has 8 nitrogen and oxygen atoms in total. The molecular formula is C22H15F5N6O2. The molecule has 1 amide bonds. The molecule has 1 atom stereocenters. The van der Waals surface area contributed by atoms with Gasteiger partial charge in [-0.05, 0) is 18.6 Å². The monoisotopic (exact) mass is 490 g/mol. The van der Waals surface area contributed by atoms with Gasteiger partial charge in [-0.25, -0.2) is 18.7 Å². The van der Waals surface area contributed by atoms with Crippen molar-refractivity contribution in [2.24, 2.45) is 0 Å². The number of rotatable bonds is 5. The van der Waals surface area contributed by atoms with Gasteiger partial charge in [0, 0.05) is 18.1 Å². The molecule has 0 aliphatic carbocycles. The molecule has 5 rings (SSSR count). The largest absolute Gasteiger partial charge is 0.409 e. The average Bonchev–Trinajstić information content (AvgIpc) is 3.55. The third kappa shape index (κ3) is 4.24. The van der Waals surface area contributed by atoms with Crippen LogP contribution in [0, 0.1) is 11.6 Å². The summed E-state index contributed by atoms with van der Waals surface area (Å²) in [7, 11) is 0. The maximum atomic E-state index is 14.5. The van der Waals surface area contributed by atoms with E-state index in [0.29, 0.717) is 28.0 Å². The fraction of sp³-hybridized carbons (Fsp3) is 0.227. The predicted octanol–water partition coefficient (Wildman–Crippen LogP) is 4.38. The molecule has 3 aromatic heterocycles. The van der Waals surface area contributed by atoms with Gasteiger partial charge < -0.3 is 4.52 Å². The summed E-state index contributed by atoms with van der Waals surface area (Å²) in [4.78, 5) is 20.3. The molecule has 13 heteroatoms. The highest BCUT2D eigenvalue weighted by atomic mass is 19.4. The summed E-state index contributed by atoms with van der Waals surface area (Å²) in [5, 5.41) is 8.20. The van der Waals surface area contributed by atoms with Crippen molar-refractivity contribution in [3.63, 3.8) is 0 Å². The molecule has 1 saturated heterocycles. The van der Waals surface area contributed by atoms with E-state index in [9.17, 15) is 26.7 Å². The van der Waals surface area contributed by atoms with Gasteiger partial charge in [-0.1, -0.05) is 23.4 Å². The average molecular weight is 490 g/mol. The third-order valence-electron chi connectivity index (χ3n) is 5.53. The summed E-state index contributed by atoms with van der Waals surface area (Å²) >= 11 is 0. The van der Waals surface area contributed by atoms with Gasteiger partial charge in [0.1, 0.15) is 29.5 Å². The quantitative estimate of drug-likeness (QED) is 0.386. The minimum Gasteiger partial charge on any atom is -0.364 e. The van der Waals surface area contributed by atoms with Gasteiger partial charge in [-0.3, -0.25) is 14.4 Å². The van der Waals surface area contributed by atoms with Crippen LogP contribution in [0.3, 0.4) is 0 Å². The molecule has 4 heterocycles. The normalized spacial score (nSPS) is 16.3. The van der Waals surface area contributed by atoms with E-state index < -0.39 is 48.4 Å². The molecule has 0 N–H and O–H groups in total. The second-order valence-corrected chi connectivity index (χ2v) is 7.77. The molecule has 4 aromatic rings. The molecule has 1 aromatic carbocycles. The smallest absolute Gasteiger partial charge is 0.364 e. The van der Waals surface area contributed by atoms with Crippen molar-refractivity contribution in [3.8, 4) is 22.9 Å². The zero-order chi connectivity index (χ0) is 24.7. The van der Waals surface area contributed by atoms with Gasteiger partial charge in [0.2, 0.25) is 5.91 Å². The zero-order valence-electron chi connectivity index (χ0n) is 17.7. The van der Waals surface area contributed by atoms with E-state index in [4.69, 9.17) is 4.52 Å². The summed E-state index contributed by atoms with van der Waals surface area (Å²) < 4.78 is 75.4. The van der Waals surface area contributed by atoms with Crippen LogP contribution in [0.15, 0.2) is 53.4 Å². The Hall–Kier alpha value is -4.16. The molecule has 1 fully saturated rings. The lowest BCUT2D eigenvalue weighted by Gasteiger charge is -2.26. The first-order valence-corrected chi connectivity index (χ1v) is 10.4. The summed E-state index contributed by atoms with van der Waals surface area (Å²) in [5.74, 6) is -3.56. The Bertz CT molecular complexity index is 1390. The molecule has 0 radical (unpaired) electrons. The molecule has 1 aliphatic heterocycles. The molecule has 1 unspecified atom stereocenters. The van der Waals surface area contributed by atoms with Crippen molar-refractivity contribution in [3.05, 3.63) is 66.1 Å². The number of carbonyl (C=O) groups is 1. The van der Waals surface area contributed by atoms with Gasteiger partial charge in [-0.15, -0.1) is 0 Å². The van der Waals surface area contributed by atoms with Crippen molar-refractivity contribution in [1.82, 2.24) is 24.9 Å². The van der Waals surface area contributed by atoms with Crippen LogP contribution in [0.2, 0.25) is 0 Å². The van der Waals surface area contributed by atoms with E-state index in [2.05, 4.69) is 20.2 Å².